The van der Waals surface area contributed by atoms with Gasteiger partial charge in [0.15, 0.2) is 0 Å². The molecule has 2 heterocycles. The van der Waals surface area contributed by atoms with Crippen LogP contribution in [0.3, 0.4) is 0 Å². The van der Waals surface area contributed by atoms with Crippen molar-refractivity contribution in [3.8, 4) is 0 Å². The molecular weight excluding hydrogens is 252 g/mol. The minimum atomic E-state index is 0.605. The van der Waals surface area contributed by atoms with Crippen molar-refractivity contribution >= 4 is 5.95 Å². The highest BCUT2D eigenvalue weighted by atomic mass is 16.5. The normalized spacial score (nSPS) is 23.1. The number of anilines is 1. The molecule has 1 N–H and O–H groups in total. The molecule has 0 bridgehead atoms. The van der Waals surface area contributed by atoms with Gasteiger partial charge in [0.1, 0.15) is 0 Å². The molecule has 1 aliphatic carbocycles. The highest BCUT2D eigenvalue weighted by Crippen LogP contribution is 2.21. The van der Waals surface area contributed by atoms with Crippen molar-refractivity contribution in [3.63, 3.8) is 0 Å². The Bertz CT molecular complexity index is 416. The highest BCUT2D eigenvalue weighted by molar-refractivity contribution is 5.30. The van der Waals surface area contributed by atoms with Crippen LogP contribution in [0, 0.1) is 5.92 Å². The molecule has 1 aromatic heterocycles. The monoisotopic (exact) mass is 276 g/mol. The minimum absolute atomic E-state index is 0.605. The van der Waals surface area contributed by atoms with Crippen LogP contribution in [0.2, 0.25) is 0 Å². The van der Waals surface area contributed by atoms with Crippen LogP contribution in [-0.4, -0.2) is 42.8 Å². The molecule has 110 valence electrons. The van der Waals surface area contributed by atoms with Crippen molar-refractivity contribution in [2.45, 2.75) is 38.3 Å². The van der Waals surface area contributed by atoms with Gasteiger partial charge in [-0.1, -0.05) is 0 Å². The number of piperidine rings is 1. The second kappa shape index (κ2) is 6.50. The van der Waals surface area contributed by atoms with Crippen LogP contribution in [0.15, 0.2) is 12.4 Å². The summed E-state index contributed by atoms with van der Waals surface area (Å²) in [6, 6.07) is 0.728. The van der Waals surface area contributed by atoms with E-state index < -0.39 is 0 Å². The second-order valence-electron chi connectivity index (χ2n) is 5.96. The lowest BCUT2D eigenvalue weighted by Crippen LogP contribution is -2.38. The van der Waals surface area contributed by atoms with Crippen LogP contribution in [0.1, 0.15) is 31.2 Å². The van der Waals surface area contributed by atoms with Gasteiger partial charge < -0.3 is 15.0 Å². The number of rotatable bonds is 6. The molecule has 0 radical (unpaired) electrons. The lowest BCUT2D eigenvalue weighted by Gasteiger charge is -2.32. The third kappa shape index (κ3) is 3.67. The number of hydrogen-bond donors (Lipinski definition) is 1. The quantitative estimate of drug-likeness (QED) is 0.855. The Labute approximate surface area is 120 Å². The van der Waals surface area contributed by atoms with Crippen molar-refractivity contribution in [2.75, 3.05) is 31.7 Å². The average Bonchev–Trinajstić information content (AvgIpc) is 3.31. The van der Waals surface area contributed by atoms with Crippen molar-refractivity contribution in [1.82, 2.24) is 15.3 Å². The molecule has 0 amide bonds. The Morgan fingerprint density at radius 3 is 2.80 bits per heavy atom. The maximum Gasteiger partial charge on any atom is 0.225 e. The maximum absolute atomic E-state index is 5.27. The Kier molecular flexibility index (Phi) is 4.47. The first-order chi connectivity index (χ1) is 9.85. The van der Waals surface area contributed by atoms with Crippen molar-refractivity contribution in [1.29, 1.82) is 0 Å². The molecule has 2 fully saturated rings. The summed E-state index contributed by atoms with van der Waals surface area (Å²) >= 11 is 0. The zero-order valence-electron chi connectivity index (χ0n) is 12.2. The maximum atomic E-state index is 5.27. The first-order valence-corrected chi connectivity index (χ1v) is 7.63. The molecule has 1 saturated carbocycles. The molecule has 1 atom stereocenters. The molecule has 1 aromatic rings. The fourth-order valence-corrected chi connectivity index (χ4v) is 2.77. The minimum Gasteiger partial charge on any atom is -0.384 e. The van der Waals surface area contributed by atoms with Crippen LogP contribution in [0.5, 0.6) is 0 Å². The SMILES string of the molecule is COCC1CCCN(c2ncc(CNC3CC3)cn2)C1. The van der Waals surface area contributed by atoms with E-state index in [4.69, 9.17) is 4.74 Å². The lowest BCUT2D eigenvalue weighted by atomic mass is 9.99. The molecule has 2 aliphatic rings. The predicted molar refractivity (Wildman–Crippen MR) is 78.7 cm³/mol. The predicted octanol–water partition coefficient (Wildman–Crippen LogP) is 1.59. The smallest absolute Gasteiger partial charge is 0.225 e. The van der Waals surface area contributed by atoms with Crippen molar-refractivity contribution in [2.24, 2.45) is 5.92 Å². The van der Waals surface area contributed by atoms with Crippen LogP contribution in [0.4, 0.5) is 5.95 Å². The number of hydrogen-bond acceptors (Lipinski definition) is 5. The summed E-state index contributed by atoms with van der Waals surface area (Å²) in [5.41, 5.74) is 1.17. The Morgan fingerprint density at radius 1 is 1.30 bits per heavy atom. The van der Waals surface area contributed by atoms with Gasteiger partial charge in [0.05, 0.1) is 6.61 Å². The summed E-state index contributed by atoms with van der Waals surface area (Å²) in [6.45, 7) is 3.78. The van der Waals surface area contributed by atoms with E-state index in [2.05, 4.69) is 20.2 Å². The van der Waals surface area contributed by atoms with Crippen LogP contribution < -0.4 is 10.2 Å². The molecule has 1 aliphatic heterocycles. The second-order valence-corrected chi connectivity index (χ2v) is 5.96. The standard InChI is InChI=1S/C15H24N4O/c1-20-11-12-3-2-6-19(10-12)15-17-8-13(9-18-15)7-16-14-4-5-14/h8-9,12,14,16H,2-7,10-11H2,1H3. The van der Waals surface area contributed by atoms with Gasteiger partial charge in [-0.25, -0.2) is 9.97 Å². The van der Waals surface area contributed by atoms with Gasteiger partial charge in [-0.05, 0) is 31.6 Å². The van der Waals surface area contributed by atoms with Gasteiger partial charge in [-0.2, -0.15) is 0 Å². The van der Waals surface area contributed by atoms with E-state index in [-0.39, 0.29) is 0 Å². The van der Waals surface area contributed by atoms with Gasteiger partial charge in [0.2, 0.25) is 5.95 Å². The summed E-state index contributed by atoms with van der Waals surface area (Å²) < 4.78 is 5.27. The zero-order chi connectivity index (χ0) is 13.8. The van der Waals surface area contributed by atoms with Crippen molar-refractivity contribution in [3.05, 3.63) is 18.0 Å². The number of nitrogens with one attached hydrogen (secondary N) is 1. The van der Waals surface area contributed by atoms with Crippen LogP contribution >= 0.6 is 0 Å². The zero-order valence-corrected chi connectivity index (χ0v) is 12.2. The molecule has 3 rings (SSSR count). The largest absolute Gasteiger partial charge is 0.384 e. The van der Waals surface area contributed by atoms with Gasteiger partial charge in [0, 0.05) is 50.7 Å². The van der Waals surface area contributed by atoms with E-state index in [1.807, 2.05) is 12.4 Å². The number of nitrogens with zero attached hydrogens (tertiary/aromatic N) is 3. The number of aromatic nitrogens is 2. The fraction of sp³-hybridized carbons (Fsp3) is 0.733. The molecule has 0 spiro atoms. The Hall–Kier alpha value is -1.20. The third-order valence-electron chi connectivity index (χ3n) is 4.07. The number of methoxy groups -OCH3 is 1. The summed E-state index contributed by atoms with van der Waals surface area (Å²) in [4.78, 5) is 11.3. The molecule has 20 heavy (non-hydrogen) atoms. The molecular formula is C15H24N4O. The van der Waals surface area contributed by atoms with E-state index >= 15 is 0 Å². The van der Waals surface area contributed by atoms with E-state index in [1.165, 1.54) is 31.2 Å². The molecule has 0 aromatic carbocycles. The summed E-state index contributed by atoms with van der Waals surface area (Å²) in [5.74, 6) is 1.47. The summed E-state index contributed by atoms with van der Waals surface area (Å²) in [7, 11) is 1.77. The Morgan fingerprint density at radius 2 is 2.10 bits per heavy atom. The van der Waals surface area contributed by atoms with E-state index in [1.54, 1.807) is 7.11 Å². The first kappa shape index (κ1) is 13.8. The summed E-state index contributed by atoms with van der Waals surface area (Å²) in [6.07, 6.45) is 8.98. The van der Waals surface area contributed by atoms with E-state index in [9.17, 15) is 0 Å². The van der Waals surface area contributed by atoms with Gasteiger partial charge in [-0.15, -0.1) is 0 Å². The lowest BCUT2D eigenvalue weighted by molar-refractivity contribution is 0.143. The third-order valence-corrected chi connectivity index (χ3v) is 4.07. The molecule has 5 heteroatoms. The van der Waals surface area contributed by atoms with Gasteiger partial charge in [0.25, 0.3) is 0 Å². The molecule has 1 saturated heterocycles. The van der Waals surface area contributed by atoms with E-state index in [0.29, 0.717) is 5.92 Å². The van der Waals surface area contributed by atoms with E-state index in [0.717, 1.165) is 38.2 Å². The summed E-state index contributed by atoms with van der Waals surface area (Å²) in [5, 5.41) is 3.49. The van der Waals surface area contributed by atoms with Gasteiger partial charge in [-0.3, -0.25) is 0 Å². The number of ether oxygens (including phenoxy) is 1. The van der Waals surface area contributed by atoms with Crippen molar-refractivity contribution < 1.29 is 4.74 Å². The van der Waals surface area contributed by atoms with Crippen LogP contribution in [-0.2, 0) is 11.3 Å². The molecule has 1 unspecified atom stereocenters. The van der Waals surface area contributed by atoms with Gasteiger partial charge >= 0.3 is 0 Å². The topological polar surface area (TPSA) is 50.3 Å². The Balaban J connectivity index is 1.55. The fourth-order valence-electron chi connectivity index (χ4n) is 2.77. The first-order valence-electron chi connectivity index (χ1n) is 7.63. The average molecular weight is 276 g/mol. The molecule has 5 nitrogen and oxygen atoms in total. The highest BCUT2D eigenvalue weighted by Gasteiger charge is 2.22. The van der Waals surface area contributed by atoms with Crippen LogP contribution in [0.25, 0.3) is 0 Å².